The standard InChI is InChI=1S/C19H19NO5/c1-4-20(5-2)19(22)25-15-9-8-14-17(21)16(24-18(14)12(15)3)11-13-7-6-10-23-13/h6-11H,4-5H2,1-3H3. The number of nitrogens with zero attached hydrogens (tertiary/aromatic N) is 1. The van der Waals surface area contributed by atoms with Crippen molar-refractivity contribution in [2.24, 2.45) is 0 Å². The van der Waals surface area contributed by atoms with Crippen molar-refractivity contribution in [3.8, 4) is 11.5 Å². The SMILES string of the molecule is CCN(CC)C(=O)Oc1ccc2c(c1C)OC(=Cc1ccco1)C2=O. The molecule has 0 N–H and O–H groups in total. The number of carbonyl (C=O) groups excluding carboxylic acids is 2. The maximum Gasteiger partial charge on any atom is 0.415 e. The number of allylic oxidation sites excluding steroid dienone is 1. The van der Waals surface area contributed by atoms with Gasteiger partial charge in [-0.1, -0.05) is 0 Å². The molecule has 0 bridgehead atoms. The topological polar surface area (TPSA) is 69.0 Å². The van der Waals surface area contributed by atoms with E-state index >= 15 is 0 Å². The van der Waals surface area contributed by atoms with Gasteiger partial charge in [-0.3, -0.25) is 4.79 Å². The van der Waals surface area contributed by atoms with Crippen LogP contribution in [0.2, 0.25) is 0 Å². The number of furan rings is 1. The number of hydrogen-bond acceptors (Lipinski definition) is 5. The highest BCUT2D eigenvalue weighted by atomic mass is 16.6. The van der Waals surface area contributed by atoms with Crippen LogP contribution in [-0.2, 0) is 0 Å². The highest BCUT2D eigenvalue weighted by Crippen LogP contribution is 2.39. The normalized spacial score (nSPS) is 14.4. The smallest absolute Gasteiger partial charge is 0.415 e. The third-order valence-corrected chi connectivity index (χ3v) is 4.07. The molecule has 2 heterocycles. The van der Waals surface area contributed by atoms with Crippen LogP contribution >= 0.6 is 0 Å². The fraction of sp³-hybridized carbons (Fsp3) is 0.263. The number of rotatable bonds is 4. The Kier molecular flexibility index (Phi) is 4.61. The van der Waals surface area contributed by atoms with E-state index in [1.54, 1.807) is 42.2 Å². The molecular formula is C19H19NO5. The molecule has 0 atom stereocenters. The zero-order chi connectivity index (χ0) is 18.0. The molecule has 3 rings (SSSR count). The molecule has 0 spiro atoms. The first-order chi connectivity index (χ1) is 12.0. The van der Waals surface area contributed by atoms with Gasteiger partial charge in [-0.05, 0) is 45.0 Å². The van der Waals surface area contributed by atoms with E-state index in [4.69, 9.17) is 13.9 Å². The number of hydrogen-bond donors (Lipinski definition) is 0. The average Bonchev–Trinajstić information content (AvgIpc) is 3.21. The van der Waals surface area contributed by atoms with E-state index in [1.165, 1.54) is 6.26 Å². The first kappa shape index (κ1) is 16.8. The summed E-state index contributed by atoms with van der Waals surface area (Å²) in [5, 5.41) is 0. The van der Waals surface area contributed by atoms with E-state index in [9.17, 15) is 9.59 Å². The number of carbonyl (C=O) groups is 2. The van der Waals surface area contributed by atoms with E-state index in [1.807, 2.05) is 13.8 Å². The van der Waals surface area contributed by atoms with Gasteiger partial charge in [0.05, 0.1) is 11.8 Å². The average molecular weight is 341 g/mol. The van der Waals surface area contributed by atoms with E-state index in [0.29, 0.717) is 41.5 Å². The van der Waals surface area contributed by atoms with E-state index in [0.717, 1.165) is 0 Å². The molecule has 1 aliphatic heterocycles. The Morgan fingerprint density at radius 2 is 2.00 bits per heavy atom. The van der Waals surface area contributed by atoms with Gasteiger partial charge in [-0.25, -0.2) is 4.79 Å². The molecule has 1 aromatic carbocycles. The summed E-state index contributed by atoms with van der Waals surface area (Å²) in [6, 6.07) is 6.69. The van der Waals surface area contributed by atoms with Gasteiger partial charge in [0.2, 0.25) is 5.78 Å². The fourth-order valence-electron chi connectivity index (χ4n) is 2.62. The summed E-state index contributed by atoms with van der Waals surface area (Å²) < 4.78 is 16.4. The Morgan fingerprint density at radius 3 is 2.64 bits per heavy atom. The second-order valence-electron chi connectivity index (χ2n) is 5.56. The lowest BCUT2D eigenvalue weighted by molar-refractivity contribution is 0.101. The molecule has 2 aromatic rings. The lowest BCUT2D eigenvalue weighted by atomic mass is 10.1. The first-order valence-corrected chi connectivity index (χ1v) is 8.13. The number of amides is 1. The first-order valence-electron chi connectivity index (χ1n) is 8.13. The Labute approximate surface area is 145 Å². The molecule has 25 heavy (non-hydrogen) atoms. The van der Waals surface area contributed by atoms with Gasteiger partial charge in [0.15, 0.2) is 5.76 Å². The van der Waals surface area contributed by atoms with Crippen LogP contribution in [0, 0.1) is 6.92 Å². The maximum atomic E-state index is 12.5. The highest BCUT2D eigenvalue weighted by molar-refractivity contribution is 6.14. The summed E-state index contributed by atoms with van der Waals surface area (Å²) in [7, 11) is 0. The summed E-state index contributed by atoms with van der Waals surface area (Å²) in [6.45, 7) is 6.64. The molecule has 1 aliphatic rings. The lowest BCUT2D eigenvalue weighted by Gasteiger charge is -2.19. The Bertz CT molecular complexity index is 832. The van der Waals surface area contributed by atoms with Crippen LogP contribution in [0.5, 0.6) is 11.5 Å². The minimum absolute atomic E-state index is 0.181. The second-order valence-corrected chi connectivity index (χ2v) is 5.56. The second kappa shape index (κ2) is 6.84. The van der Waals surface area contributed by atoms with Crippen LogP contribution < -0.4 is 9.47 Å². The van der Waals surface area contributed by atoms with Crippen molar-refractivity contribution in [2.45, 2.75) is 20.8 Å². The minimum atomic E-state index is -0.427. The third kappa shape index (κ3) is 3.15. The highest BCUT2D eigenvalue weighted by Gasteiger charge is 2.31. The van der Waals surface area contributed by atoms with E-state index in [-0.39, 0.29) is 11.5 Å². The van der Waals surface area contributed by atoms with Gasteiger partial charge in [-0.15, -0.1) is 0 Å². The molecule has 0 saturated carbocycles. The molecular weight excluding hydrogens is 322 g/mol. The van der Waals surface area contributed by atoms with Crippen LogP contribution in [0.1, 0.15) is 35.5 Å². The van der Waals surface area contributed by atoms with Crippen molar-refractivity contribution in [1.29, 1.82) is 0 Å². The molecule has 1 amide bonds. The van der Waals surface area contributed by atoms with Crippen molar-refractivity contribution in [1.82, 2.24) is 4.90 Å². The summed E-state index contributed by atoms with van der Waals surface area (Å²) in [4.78, 5) is 26.2. The third-order valence-electron chi connectivity index (χ3n) is 4.07. The zero-order valence-electron chi connectivity index (χ0n) is 14.4. The molecule has 0 fully saturated rings. The molecule has 6 nitrogen and oxygen atoms in total. The van der Waals surface area contributed by atoms with Gasteiger partial charge in [0.25, 0.3) is 0 Å². The number of Topliss-reactive ketones (excluding diaryl/α,β-unsaturated/α-hetero) is 1. The monoisotopic (exact) mass is 341 g/mol. The van der Waals surface area contributed by atoms with Crippen LogP contribution in [0.25, 0.3) is 6.08 Å². The molecule has 1 aromatic heterocycles. The van der Waals surface area contributed by atoms with Crippen LogP contribution in [0.3, 0.4) is 0 Å². The van der Waals surface area contributed by atoms with Gasteiger partial charge >= 0.3 is 6.09 Å². The van der Waals surface area contributed by atoms with Gasteiger partial charge in [0.1, 0.15) is 17.3 Å². The summed E-state index contributed by atoms with van der Waals surface area (Å²) in [5.74, 6) is 1.27. The van der Waals surface area contributed by atoms with E-state index in [2.05, 4.69) is 0 Å². The number of fused-ring (bicyclic) bond motifs is 1. The van der Waals surface area contributed by atoms with Crippen molar-refractivity contribution in [2.75, 3.05) is 13.1 Å². The molecule has 0 radical (unpaired) electrons. The maximum absolute atomic E-state index is 12.5. The minimum Gasteiger partial charge on any atom is -0.465 e. The Morgan fingerprint density at radius 1 is 1.24 bits per heavy atom. The number of ketones is 1. The summed E-state index contributed by atoms with van der Waals surface area (Å²) in [5.41, 5.74) is 1.05. The van der Waals surface area contributed by atoms with Crippen LogP contribution in [-0.4, -0.2) is 29.9 Å². The van der Waals surface area contributed by atoms with Crippen LogP contribution in [0.15, 0.2) is 40.7 Å². The quantitative estimate of drug-likeness (QED) is 0.785. The van der Waals surface area contributed by atoms with Crippen LogP contribution in [0.4, 0.5) is 4.79 Å². The number of benzene rings is 1. The van der Waals surface area contributed by atoms with Crippen molar-refractivity contribution < 1.29 is 23.5 Å². The molecule has 130 valence electrons. The predicted octanol–water partition coefficient (Wildman–Crippen LogP) is 4.04. The summed E-state index contributed by atoms with van der Waals surface area (Å²) >= 11 is 0. The van der Waals surface area contributed by atoms with E-state index < -0.39 is 6.09 Å². The lowest BCUT2D eigenvalue weighted by Crippen LogP contribution is -2.33. The fourth-order valence-corrected chi connectivity index (χ4v) is 2.62. The number of ether oxygens (including phenoxy) is 2. The van der Waals surface area contributed by atoms with Gasteiger partial charge in [0, 0.05) is 24.7 Å². The van der Waals surface area contributed by atoms with Crippen molar-refractivity contribution >= 4 is 18.0 Å². The Hall–Kier alpha value is -3.02. The van der Waals surface area contributed by atoms with Crippen molar-refractivity contribution in [3.63, 3.8) is 0 Å². The molecule has 0 saturated heterocycles. The molecule has 0 unspecified atom stereocenters. The van der Waals surface area contributed by atoms with Gasteiger partial charge in [-0.2, -0.15) is 0 Å². The summed E-state index contributed by atoms with van der Waals surface area (Å²) in [6.07, 6.45) is 2.64. The van der Waals surface area contributed by atoms with Crippen molar-refractivity contribution in [3.05, 3.63) is 53.2 Å². The zero-order valence-corrected chi connectivity index (χ0v) is 14.4. The Balaban J connectivity index is 1.88. The molecule has 6 heteroatoms. The predicted molar refractivity (Wildman–Crippen MR) is 91.8 cm³/mol. The molecule has 0 aliphatic carbocycles. The van der Waals surface area contributed by atoms with Gasteiger partial charge < -0.3 is 18.8 Å². The largest absolute Gasteiger partial charge is 0.465 e.